The second-order valence-corrected chi connectivity index (χ2v) is 9.23. The lowest BCUT2D eigenvalue weighted by molar-refractivity contribution is -0.122. The van der Waals surface area contributed by atoms with Crippen LogP contribution in [0.2, 0.25) is 0 Å². The average molecular weight is 521 g/mol. The fraction of sp³-hybridized carbons (Fsp3) is 0.156. The first-order valence-corrected chi connectivity index (χ1v) is 12.5. The van der Waals surface area contributed by atoms with Gasteiger partial charge in [-0.25, -0.2) is 10.2 Å². The highest BCUT2D eigenvalue weighted by Crippen LogP contribution is 2.58. The van der Waals surface area contributed by atoms with E-state index in [1.807, 2.05) is 36.4 Å². The molecular formula is C32H28N2O5. The maximum absolute atomic E-state index is 13.1. The SMILES string of the molecule is COc1cccc(C(=O)Oc2ccc(/C=N\NC(=O)[C@H]3CC3(c3ccccc3)c3ccccc3)cc2OC)c1. The van der Waals surface area contributed by atoms with Gasteiger partial charge in [0.1, 0.15) is 5.75 Å². The standard InChI is InChI=1S/C32H28N2O5/c1-37-26-15-9-10-23(19-26)31(36)39-28-17-16-22(18-29(28)38-2)21-33-34-30(35)27-20-32(27,24-11-5-3-6-12-24)25-13-7-4-8-14-25/h3-19,21,27H,20H2,1-2H3,(H,34,35)/b33-21-/t27-/m1/s1. The van der Waals surface area contributed by atoms with Crippen molar-refractivity contribution in [2.24, 2.45) is 11.0 Å². The minimum atomic E-state index is -0.536. The van der Waals surface area contributed by atoms with Crippen molar-refractivity contribution in [1.82, 2.24) is 5.43 Å². The van der Waals surface area contributed by atoms with Crippen LogP contribution in [0.25, 0.3) is 0 Å². The maximum atomic E-state index is 13.1. The van der Waals surface area contributed by atoms with Gasteiger partial charge < -0.3 is 14.2 Å². The van der Waals surface area contributed by atoms with Gasteiger partial charge in [0, 0.05) is 5.41 Å². The maximum Gasteiger partial charge on any atom is 0.343 e. The number of carbonyl (C=O) groups excluding carboxylic acids is 2. The van der Waals surface area contributed by atoms with Gasteiger partial charge in [-0.3, -0.25) is 4.79 Å². The van der Waals surface area contributed by atoms with E-state index in [1.54, 1.807) is 42.5 Å². The van der Waals surface area contributed by atoms with E-state index in [0.29, 0.717) is 29.0 Å². The highest BCUT2D eigenvalue weighted by atomic mass is 16.6. The number of nitrogens with zero attached hydrogens (tertiary/aromatic N) is 1. The van der Waals surface area contributed by atoms with Crippen LogP contribution in [0.3, 0.4) is 0 Å². The Labute approximate surface area is 227 Å². The molecule has 7 heteroatoms. The van der Waals surface area contributed by atoms with Crippen LogP contribution in [0, 0.1) is 5.92 Å². The summed E-state index contributed by atoms with van der Waals surface area (Å²) in [6, 6.07) is 31.9. The number of hydrogen-bond acceptors (Lipinski definition) is 6. The van der Waals surface area contributed by atoms with Crippen LogP contribution in [-0.4, -0.2) is 32.3 Å². The minimum Gasteiger partial charge on any atom is -0.497 e. The first-order chi connectivity index (χ1) is 19.0. The summed E-state index contributed by atoms with van der Waals surface area (Å²) in [6.07, 6.45) is 2.24. The molecule has 4 aromatic carbocycles. The van der Waals surface area contributed by atoms with E-state index < -0.39 is 5.97 Å². The van der Waals surface area contributed by atoms with Gasteiger partial charge in [-0.05, 0) is 59.5 Å². The van der Waals surface area contributed by atoms with Gasteiger partial charge in [0.25, 0.3) is 0 Å². The van der Waals surface area contributed by atoms with Crippen LogP contribution in [0.1, 0.15) is 33.5 Å². The van der Waals surface area contributed by atoms with Gasteiger partial charge in [-0.2, -0.15) is 5.10 Å². The van der Waals surface area contributed by atoms with E-state index in [1.165, 1.54) is 20.4 Å². The summed E-state index contributed by atoms with van der Waals surface area (Å²) < 4.78 is 16.1. The first kappa shape index (κ1) is 25.7. The molecule has 196 valence electrons. The lowest BCUT2D eigenvalue weighted by Crippen LogP contribution is -2.25. The Morgan fingerprint density at radius 3 is 2.15 bits per heavy atom. The van der Waals surface area contributed by atoms with Crippen molar-refractivity contribution < 1.29 is 23.8 Å². The summed E-state index contributed by atoms with van der Waals surface area (Å²) in [5.74, 6) is 0.268. The second kappa shape index (κ2) is 11.2. The molecule has 0 radical (unpaired) electrons. The predicted octanol–water partition coefficient (Wildman–Crippen LogP) is 5.38. The van der Waals surface area contributed by atoms with E-state index in [4.69, 9.17) is 14.2 Å². The number of nitrogens with one attached hydrogen (secondary N) is 1. The van der Waals surface area contributed by atoms with E-state index in [-0.39, 0.29) is 23.0 Å². The topological polar surface area (TPSA) is 86.2 Å². The zero-order valence-electron chi connectivity index (χ0n) is 21.7. The number of hydrazone groups is 1. The molecular weight excluding hydrogens is 492 g/mol. The molecule has 1 saturated carbocycles. The van der Waals surface area contributed by atoms with E-state index >= 15 is 0 Å². The van der Waals surface area contributed by atoms with Crippen molar-refractivity contribution in [2.75, 3.05) is 14.2 Å². The number of hydrogen-bond donors (Lipinski definition) is 1. The van der Waals surface area contributed by atoms with Crippen molar-refractivity contribution in [3.05, 3.63) is 125 Å². The van der Waals surface area contributed by atoms with Crippen LogP contribution in [0.4, 0.5) is 0 Å². The summed E-state index contributed by atoms with van der Waals surface area (Å²) in [4.78, 5) is 25.7. The smallest absolute Gasteiger partial charge is 0.343 e. The van der Waals surface area contributed by atoms with E-state index in [9.17, 15) is 9.59 Å². The number of methoxy groups -OCH3 is 2. The molecule has 4 aromatic rings. The van der Waals surface area contributed by atoms with Crippen molar-refractivity contribution in [3.63, 3.8) is 0 Å². The van der Waals surface area contributed by atoms with Crippen molar-refractivity contribution in [2.45, 2.75) is 11.8 Å². The number of esters is 1. The summed E-state index contributed by atoms with van der Waals surface area (Å²) >= 11 is 0. The minimum absolute atomic E-state index is 0.144. The molecule has 1 fully saturated rings. The van der Waals surface area contributed by atoms with Crippen LogP contribution < -0.4 is 19.6 Å². The fourth-order valence-corrected chi connectivity index (χ4v) is 4.86. The fourth-order valence-electron chi connectivity index (χ4n) is 4.86. The predicted molar refractivity (Wildman–Crippen MR) is 148 cm³/mol. The first-order valence-electron chi connectivity index (χ1n) is 12.5. The zero-order chi connectivity index (χ0) is 27.2. The average Bonchev–Trinajstić information content (AvgIpc) is 3.76. The molecule has 1 aliphatic rings. The van der Waals surface area contributed by atoms with Crippen molar-refractivity contribution >= 4 is 18.1 Å². The Kier molecular flexibility index (Phi) is 7.41. The third-order valence-corrected chi connectivity index (χ3v) is 6.94. The third kappa shape index (κ3) is 5.38. The summed E-state index contributed by atoms with van der Waals surface area (Å²) in [5, 5.41) is 4.19. The van der Waals surface area contributed by atoms with Gasteiger partial charge in [-0.1, -0.05) is 66.7 Å². The summed E-state index contributed by atoms with van der Waals surface area (Å²) in [7, 11) is 3.02. The number of ether oxygens (including phenoxy) is 3. The molecule has 39 heavy (non-hydrogen) atoms. The largest absolute Gasteiger partial charge is 0.497 e. The molecule has 0 spiro atoms. The molecule has 1 aliphatic carbocycles. The van der Waals surface area contributed by atoms with E-state index in [0.717, 1.165) is 11.1 Å². The Morgan fingerprint density at radius 2 is 1.51 bits per heavy atom. The Hall–Kier alpha value is -4.91. The Morgan fingerprint density at radius 1 is 0.821 bits per heavy atom. The number of rotatable bonds is 9. The zero-order valence-corrected chi connectivity index (χ0v) is 21.7. The van der Waals surface area contributed by atoms with Gasteiger partial charge in [0.15, 0.2) is 11.5 Å². The molecule has 0 bridgehead atoms. The summed E-state index contributed by atoms with van der Waals surface area (Å²) in [5.41, 5.74) is 5.59. The van der Waals surface area contributed by atoms with Crippen LogP contribution >= 0.6 is 0 Å². The van der Waals surface area contributed by atoms with Crippen LogP contribution in [-0.2, 0) is 10.2 Å². The number of carbonyl (C=O) groups is 2. The quantitative estimate of drug-likeness (QED) is 0.139. The second-order valence-electron chi connectivity index (χ2n) is 9.23. The number of benzene rings is 4. The van der Waals surface area contributed by atoms with Crippen molar-refractivity contribution in [3.8, 4) is 17.2 Å². The third-order valence-electron chi connectivity index (χ3n) is 6.94. The van der Waals surface area contributed by atoms with Gasteiger partial charge in [0.2, 0.25) is 5.91 Å². The lowest BCUT2D eigenvalue weighted by atomic mass is 9.85. The molecule has 0 aromatic heterocycles. The van der Waals surface area contributed by atoms with Crippen LogP contribution in [0.5, 0.6) is 17.2 Å². The monoisotopic (exact) mass is 520 g/mol. The summed E-state index contributed by atoms with van der Waals surface area (Å²) in [6.45, 7) is 0. The normalized spacial score (nSPS) is 15.4. The number of amides is 1. The van der Waals surface area contributed by atoms with E-state index in [2.05, 4.69) is 34.8 Å². The molecule has 0 saturated heterocycles. The van der Waals surface area contributed by atoms with Gasteiger partial charge in [-0.15, -0.1) is 0 Å². The molecule has 0 unspecified atom stereocenters. The Bertz CT molecular complexity index is 1460. The van der Waals surface area contributed by atoms with Gasteiger partial charge >= 0.3 is 5.97 Å². The highest BCUT2D eigenvalue weighted by molar-refractivity contribution is 5.92. The highest BCUT2D eigenvalue weighted by Gasteiger charge is 2.60. The molecule has 0 heterocycles. The van der Waals surface area contributed by atoms with Crippen molar-refractivity contribution in [1.29, 1.82) is 0 Å². The molecule has 1 amide bonds. The molecule has 0 aliphatic heterocycles. The lowest BCUT2D eigenvalue weighted by Gasteiger charge is -2.18. The van der Waals surface area contributed by atoms with Crippen LogP contribution in [0.15, 0.2) is 108 Å². The molecule has 7 nitrogen and oxygen atoms in total. The Balaban J connectivity index is 1.26. The molecule has 5 rings (SSSR count). The molecule has 1 atom stereocenters. The van der Waals surface area contributed by atoms with Gasteiger partial charge in [0.05, 0.1) is 31.9 Å². The molecule has 1 N–H and O–H groups in total.